The molecule has 1 aromatic heterocycles. The Morgan fingerprint density at radius 2 is 1.70 bits per heavy atom. The normalized spacial score (nSPS) is 16.1. The van der Waals surface area contributed by atoms with Crippen LogP contribution in [0, 0.1) is 19.7 Å². The molecular formula is C18H21ClFNO2. The Morgan fingerprint density at radius 1 is 1.04 bits per heavy atom. The molecule has 0 spiro atoms. The van der Waals surface area contributed by atoms with Crippen molar-refractivity contribution in [1.82, 2.24) is 0 Å². The van der Waals surface area contributed by atoms with Gasteiger partial charge in [-0.05, 0) is 31.5 Å². The van der Waals surface area contributed by atoms with Gasteiger partial charge in [0.05, 0.1) is 19.6 Å². The Kier molecular flexibility index (Phi) is 5.74. The average molecular weight is 338 g/mol. The monoisotopic (exact) mass is 337 g/mol. The molecule has 23 heavy (non-hydrogen) atoms. The number of rotatable bonds is 4. The zero-order chi connectivity index (χ0) is 15.6. The van der Waals surface area contributed by atoms with Crippen LogP contribution in [0.15, 0.2) is 42.7 Å². The van der Waals surface area contributed by atoms with Gasteiger partial charge in [0.1, 0.15) is 5.82 Å². The molecule has 0 amide bonds. The van der Waals surface area contributed by atoms with E-state index in [1.165, 1.54) is 23.3 Å². The van der Waals surface area contributed by atoms with Crippen molar-refractivity contribution >= 4 is 0 Å². The molecule has 5 heteroatoms. The van der Waals surface area contributed by atoms with Crippen LogP contribution in [0.4, 0.5) is 4.39 Å². The Hall–Kier alpha value is -1.49. The topological polar surface area (TPSA) is 22.3 Å². The van der Waals surface area contributed by atoms with Crippen LogP contribution in [0.1, 0.15) is 23.1 Å². The minimum absolute atomic E-state index is 0. The number of nitrogens with zero attached hydrogens (tertiary/aromatic N) is 1. The van der Waals surface area contributed by atoms with Crippen LogP contribution in [0.3, 0.4) is 0 Å². The molecule has 0 N–H and O–H groups in total. The van der Waals surface area contributed by atoms with Gasteiger partial charge in [0.25, 0.3) is 0 Å². The maximum Gasteiger partial charge on any atom is 0.201 e. The minimum Gasteiger partial charge on any atom is -1.00 e. The SMILES string of the molecule is Cc1cc[n+](CCC2(c3ccc(F)cc3)OCCO2)cc1C.[Cl-]. The fourth-order valence-electron chi connectivity index (χ4n) is 2.76. The highest BCUT2D eigenvalue weighted by Crippen LogP contribution is 2.34. The van der Waals surface area contributed by atoms with Gasteiger partial charge in [-0.3, -0.25) is 0 Å². The van der Waals surface area contributed by atoms with Crippen LogP contribution in [0.25, 0.3) is 0 Å². The largest absolute Gasteiger partial charge is 1.00 e. The van der Waals surface area contributed by atoms with Crippen molar-refractivity contribution in [2.24, 2.45) is 0 Å². The lowest BCUT2D eigenvalue weighted by Crippen LogP contribution is -3.00. The number of hydrogen-bond acceptors (Lipinski definition) is 2. The van der Waals surface area contributed by atoms with Crippen LogP contribution >= 0.6 is 0 Å². The molecular weight excluding hydrogens is 317 g/mol. The molecule has 2 heterocycles. The second kappa shape index (κ2) is 7.39. The number of aromatic nitrogens is 1. The zero-order valence-electron chi connectivity index (χ0n) is 13.4. The van der Waals surface area contributed by atoms with Crippen molar-refractivity contribution in [3.8, 4) is 0 Å². The quantitative estimate of drug-likeness (QED) is 0.734. The number of hydrogen-bond donors (Lipinski definition) is 0. The smallest absolute Gasteiger partial charge is 0.201 e. The predicted octanol–water partition coefficient (Wildman–Crippen LogP) is 0.0239. The molecule has 1 aliphatic heterocycles. The van der Waals surface area contributed by atoms with Gasteiger partial charge in [-0.2, -0.15) is 0 Å². The molecule has 3 rings (SSSR count). The maximum atomic E-state index is 13.1. The molecule has 124 valence electrons. The standard InChI is InChI=1S/C18H21FNO2.ClH/c1-14-7-9-20(13-15(14)2)10-8-18(21-11-12-22-18)16-3-5-17(19)6-4-16;/h3-7,9,13H,8,10-12H2,1-2H3;1H/q+1;/p-1. The summed E-state index contributed by atoms with van der Waals surface area (Å²) in [5, 5.41) is 0. The fraction of sp³-hybridized carbons (Fsp3) is 0.389. The highest BCUT2D eigenvalue weighted by Gasteiger charge is 2.39. The number of pyridine rings is 1. The highest BCUT2D eigenvalue weighted by molar-refractivity contribution is 5.22. The van der Waals surface area contributed by atoms with E-state index < -0.39 is 5.79 Å². The lowest BCUT2D eigenvalue weighted by atomic mass is 10.0. The predicted molar refractivity (Wildman–Crippen MR) is 80.7 cm³/mol. The first kappa shape index (κ1) is 17.9. The summed E-state index contributed by atoms with van der Waals surface area (Å²) in [4.78, 5) is 0. The lowest BCUT2D eigenvalue weighted by Gasteiger charge is -2.26. The molecule has 1 saturated heterocycles. The molecule has 0 saturated carbocycles. The van der Waals surface area contributed by atoms with Gasteiger partial charge < -0.3 is 21.9 Å². The van der Waals surface area contributed by atoms with Crippen molar-refractivity contribution in [2.45, 2.75) is 32.6 Å². The van der Waals surface area contributed by atoms with Crippen LogP contribution in [0.5, 0.6) is 0 Å². The van der Waals surface area contributed by atoms with Crippen LogP contribution in [-0.2, 0) is 21.8 Å². The lowest BCUT2D eigenvalue weighted by molar-refractivity contribution is -0.700. The number of ether oxygens (including phenoxy) is 2. The molecule has 1 aliphatic rings. The van der Waals surface area contributed by atoms with Gasteiger partial charge in [0.15, 0.2) is 18.9 Å². The summed E-state index contributed by atoms with van der Waals surface area (Å²) in [6.07, 6.45) is 4.88. The van der Waals surface area contributed by atoms with E-state index in [4.69, 9.17) is 9.47 Å². The van der Waals surface area contributed by atoms with Crippen molar-refractivity contribution in [3.63, 3.8) is 0 Å². The van der Waals surface area contributed by atoms with Gasteiger partial charge in [0.2, 0.25) is 5.79 Å². The van der Waals surface area contributed by atoms with Gasteiger partial charge >= 0.3 is 0 Å². The van der Waals surface area contributed by atoms with Gasteiger partial charge in [-0.25, -0.2) is 8.96 Å². The number of benzene rings is 1. The first-order chi connectivity index (χ1) is 10.6. The van der Waals surface area contributed by atoms with E-state index >= 15 is 0 Å². The third kappa shape index (κ3) is 3.89. The van der Waals surface area contributed by atoms with E-state index in [9.17, 15) is 4.39 Å². The van der Waals surface area contributed by atoms with Crippen LogP contribution in [-0.4, -0.2) is 13.2 Å². The highest BCUT2D eigenvalue weighted by atomic mass is 35.5. The van der Waals surface area contributed by atoms with Gasteiger partial charge in [-0.1, -0.05) is 12.1 Å². The summed E-state index contributed by atoms with van der Waals surface area (Å²) in [7, 11) is 0. The van der Waals surface area contributed by atoms with Crippen molar-refractivity contribution in [1.29, 1.82) is 0 Å². The summed E-state index contributed by atoms with van der Waals surface area (Å²) in [6, 6.07) is 8.49. The van der Waals surface area contributed by atoms with E-state index in [-0.39, 0.29) is 18.2 Å². The second-order valence-corrected chi connectivity index (χ2v) is 5.76. The first-order valence-electron chi connectivity index (χ1n) is 7.59. The summed E-state index contributed by atoms with van der Waals surface area (Å²) >= 11 is 0. The maximum absolute atomic E-state index is 13.1. The Bertz CT molecular complexity index is 655. The van der Waals surface area contributed by atoms with Crippen molar-refractivity contribution < 1.29 is 30.8 Å². The molecule has 0 aliphatic carbocycles. The summed E-state index contributed by atoms with van der Waals surface area (Å²) < 4.78 is 27.1. The molecule has 0 bridgehead atoms. The molecule has 1 fully saturated rings. The second-order valence-electron chi connectivity index (χ2n) is 5.76. The molecule has 2 aromatic rings. The Balaban J connectivity index is 0.00000192. The van der Waals surface area contributed by atoms with E-state index in [1.54, 1.807) is 12.1 Å². The average Bonchev–Trinajstić information content (AvgIpc) is 2.99. The summed E-state index contributed by atoms with van der Waals surface area (Å²) in [5.41, 5.74) is 3.40. The van der Waals surface area contributed by atoms with Gasteiger partial charge in [-0.15, -0.1) is 0 Å². The Morgan fingerprint density at radius 3 is 2.30 bits per heavy atom. The van der Waals surface area contributed by atoms with E-state index in [1.807, 2.05) is 0 Å². The number of halogens is 2. The van der Waals surface area contributed by atoms with Crippen LogP contribution < -0.4 is 17.0 Å². The van der Waals surface area contributed by atoms with Crippen molar-refractivity contribution in [3.05, 3.63) is 65.2 Å². The van der Waals surface area contributed by atoms with E-state index in [0.717, 1.165) is 12.1 Å². The molecule has 0 unspecified atom stereocenters. The minimum atomic E-state index is -0.764. The molecule has 0 atom stereocenters. The van der Waals surface area contributed by atoms with Gasteiger partial charge in [0, 0.05) is 17.2 Å². The zero-order valence-corrected chi connectivity index (χ0v) is 14.1. The Labute approximate surface area is 142 Å². The third-order valence-corrected chi connectivity index (χ3v) is 4.23. The van der Waals surface area contributed by atoms with Crippen LogP contribution in [0.2, 0.25) is 0 Å². The molecule has 3 nitrogen and oxygen atoms in total. The number of aryl methyl sites for hydroxylation is 3. The van der Waals surface area contributed by atoms with Crippen molar-refractivity contribution in [2.75, 3.05) is 13.2 Å². The molecule has 0 radical (unpaired) electrons. The summed E-state index contributed by atoms with van der Waals surface area (Å²) in [6.45, 7) is 6.11. The van der Waals surface area contributed by atoms with E-state index in [2.05, 4.69) is 36.9 Å². The first-order valence-corrected chi connectivity index (χ1v) is 7.59. The fourth-order valence-corrected chi connectivity index (χ4v) is 2.76. The molecule has 1 aromatic carbocycles. The summed E-state index contributed by atoms with van der Waals surface area (Å²) in [5.74, 6) is -1.01. The van der Waals surface area contributed by atoms with E-state index in [0.29, 0.717) is 19.6 Å². The third-order valence-electron chi connectivity index (χ3n) is 4.23.